The molecule has 0 spiro atoms. The summed E-state index contributed by atoms with van der Waals surface area (Å²) in [6, 6.07) is 5.00. The lowest BCUT2D eigenvalue weighted by molar-refractivity contribution is 0.0675. The van der Waals surface area contributed by atoms with Crippen LogP contribution >= 0.6 is 15.2 Å². The lowest BCUT2D eigenvalue weighted by Gasteiger charge is -2.18. The highest BCUT2D eigenvalue weighted by atomic mass is 31.2. The van der Waals surface area contributed by atoms with Crippen molar-refractivity contribution >= 4 is 39.6 Å². The molecule has 2 aliphatic rings. The zero-order valence-corrected chi connectivity index (χ0v) is 23.6. The highest BCUT2D eigenvalue weighted by Gasteiger charge is 2.37. The first-order chi connectivity index (χ1) is 18.7. The zero-order valence-electron chi connectivity index (χ0n) is 21.8. The number of allylic oxidation sites excluding steroid dienone is 6. The van der Waals surface area contributed by atoms with Gasteiger partial charge in [0.15, 0.2) is 0 Å². The Balaban J connectivity index is 1.90. The van der Waals surface area contributed by atoms with Crippen LogP contribution in [-0.4, -0.2) is 45.2 Å². The number of nitrogens with zero attached hydrogens (tertiary/aromatic N) is 6. The molecule has 4 unspecified atom stereocenters. The van der Waals surface area contributed by atoms with Crippen LogP contribution in [0.1, 0.15) is 48.4 Å². The van der Waals surface area contributed by atoms with Crippen molar-refractivity contribution in [3.63, 3.8) is 0 Å². The molecule has 3 rings (SSSR count). The molecule has 210 valence electrons. The van der Waals surface area contributed by atoms with Crippen molar-refractivity contribution in [1.82, 2.24) is 0 Å². The summed E-state index contributed by atoms with van der Waals surface area (Å²) in [4.78, 5) is 47.3. The van der Waals surface area contributed by atoms with Crippen LogP contribution in [0.25, 0.3) is 0 Å². The summed E-state index contributed by atoms with van der Waals surface area (Å²) in [6.07, 6.45) is 10.6. The minimum absolute atomic E-state index is 0.278. The minimum atomic E-state index is -4.82. The fraction of sp³-hybridized carbons (Fsp3) is 0.250. The van der Waals surface area contributed by atoms with Crippen LogP contribution in [0, 0.1) is 0 Å². The maximum absolute atomic E-state index is 13.1. The Morgan fingerprint density at radius 1 is 0.775 bits per heavy atom. The Morgan fingerprint density at radius 3 is 1.45 bits per heavy atom. The summed E-state index contributed by atoms with van der Waals surface area (Å²) in [5.41, 5.74) is -3.25. The van der Waals surface area contributed by atoms with Crippen LogP contribution in [0.4, 0.5) is 0 Å². The predicted molar refractivity (Wildman–Crippen MR) is 146 cm³/mol. The van der Waals surface area contributed by atoms with Crippen LogP contribution < -0.4 is 0 Å². The SMILES string of the molecule is CC=CC(=CC1(C)C=NN=N1)P(=O)(O)OC(=O)c1ccccc1C(=O)OP(=O)(O)C(C=CC)=CC1(C)C=NN=N1. The number of carbonyl (C=O) groups excluding carboxylic acids is 2. The van der Waals surface area contributed by atoms with E-state index in [2.05, 4.69) is 30.9 Å². The second-order valence-electron chi connectivity index (χ2n) is 8.80. The van der Waals surface area contributed by atoms with E-state index in [0.29, 0.717) is 0 Å². The summed E-state index contributed by atoms with van der Waals surface area (Å²) in [5, 5.41) is 21.4. The Morgan fingerprint density at radius 2 is 1.15 bits per heavy atom. The largest absolute Gasteiger partial charge is 0.410 e. The third-order valence-corrected chi connectivity index (χ3v) is 7.94. The topological polar surface area (TPSA) is 201 Å². The van der Waals surface area contributed by atoms with Crippen LogP contribution in [0.15, 0.2) is 102 Å². The summed E-state index contributed by atoms with van der Waals surface area (Å²) < 4.78 is 36.1. The Labute approximate surface area is 229 Å². The average Bonchev–Trinajstić information content (AvgIpc) is 3.51. The molecule has 4 atom stereocenters. The highest BCUT2D eigenvalue weighted by Crippen LogP contribution is 2.54. The second kappa shape index (κ2) is 12.1. The monoisotopic (exact) mass is 588 g/mol. The number of benzene rings is 1. The second-order valence-corrected chi connectivity index (χ2v) is 12.3. The Bertz CT molecular complexity index is 1400. The first-order valence-electron chi connectivity index (χ1n) is 11.6. The molecule has 2 heterocycles. The van der Waals surface area contributed by atoms with Gasteiger partial charge in [0.1, 0.15) is 11.1 Å². The smallest absolute Gasteiger partial charge is 0.385 e. The van der Waals surface area contributed by atoms with E-state index < -0.39 is 49.3 Å². The Hall–Kier alpha value is -3.96. The molecule has 0 saturated heterocycles. The summed E-state index contributed by atoms with van der Waals surface area (Å²) in [6.45, 7) is 6.30. The third kappa shape index (κ3) is 7.36. The molecule has 1 aromatic rings. The van der Waals surface area contributed by atoms with Crippen LogP contribution in [0.5, 0.6) is 0 Å². The predicted octanol–water partition coefficient (Wildman–Crippen LogP) is 5.71. The summed E-state index contributed by atoms with van der Waals surface area (Å²) >= 11 is 0. The number of rotatable bonds is 10. The normalized spacial score (nSPS) is 25.4. The fourth-order valence-corrected chi connectivity index (χ4v) is 5.75. The van der Waals surface area contributed by atoms with Gasteiger partial charge in [0.25, 0.3) is 0 Å². The van der Waals surface area contributed by atoms with Gasteiger partial charge in [-0.1, -0.05) is 36.4 Å². The molecule has 2 N–H and O–H groups in total. The van der Waals surface area contributed by atoms with E-state index in [-0.39, 0.29) is 10.6 Å². The molecule has 14 nitrogen and oxygen atoms in total. The lowest BCUT2D eigenvalue weighted by atomic mass is 10.1. The van der Waals surface area contributed by atoms with Crippen LogP contribution in [0.3, 0.4) is 0 Å². The number of carbonyl (C=O) groups is 2. The number of hydrogen-bond donors (Lipinski definition) is 2. The van der Waals surface area contributed by atoms with E-state index >= 15 is 0 Å². The zero-order chi connectivity index (χ0) is 29.6. The van der Waals surface area contributed by atoms with E-state index in [1.165, 1.54) is 61.0 Å². The first kappa shape index (κ1) is 30.6. The van der Waals surface area contributed by atoms with Gasteiger partial charge in [0, 0.05) is 0 Å². The van der Waals surface area contributed by atoms with Crippen molar-refractivity contribution in [3.05, 3.63) is 82.5 Å². The van der Waals surface area contributed by atoms with Gasteiger partial charge >= 0.3 is 27.1 Å². The van der Waals surface area contributed by atoms with Gasteiger partial charge in [-0.05, 0) is 62.4 Å². The van der Waals surface area contributed by atoms with Gasteiger partial charge in [0.05, 0.1) is 34.2 Å². The maximum atomic E-state index is 13.1. The van der Waals surface area contributed by atoms with Gasteiger partial charge in [-0.3, -0.25) is 0 Å². The van der Waals surface area contributed by atoms with Gasteiger partial charge < -0.3 is 18.8 Å². The van der Waals surface area contributed by atoms with Crippen LogP contribution in [0.2, 0.25) is 0 Å². The molecule has 40 heavy (non-hydrogen) atoms. The summed E-state index contributed by atoms with van der Waals surface area (Å²) in [7, 11) is -9.64. The van der Waals surface area contributed by atoms with Crippen molar-refractivity contribution in [3.8, 4) is 0 Å². The quantitative estimate of drug-likeness (QED) is 0.255. The van der Waals surface area contributed by atoms with Crippen molar-refractivity contribution in [2.75, 3.05) is 0 Å². The molecular formula is C24H26N6O8P2. The number of hydrogen-bond acceptors (Lipinski definition) is 12. The van der Waals surface area contributed by atoms with E-state index in [1.54, 1.807) is 27.7 Å². The van der Waals surface area contributed by atoms with Gasteiger partial charge in [0.2, 0.25) is 0 Å². The molecular weight excluding hydrogens is 562 g/mol. The molecule has 2 aliphatic heterocycles. The van der Waals surface area contributed by atoms with E-state index in [9.17, 15) is 28.5 Å². The molecule has 1 aromatic carbocycles. The molecule has 0 amide bonds. The van der Waals surface area contributed by atoms with Gasteiger partial charge in [-0.2, -0.15) is 10.2 Å². The molecule has 0 bridgehead atoms. The summed E-state index contributed by atoms with van der Waals surface area (Å²) in [5.74, 6) is -2.71. The van der Waals surface area contributed by atoms with Gasteiger partial charge in [-0.25, -0.2) is 18.7 Å². The van der Waals surface area contributed by atoms with Crippen LogP contribution in [-0.2, 0) is 18.2 Å². The van der Waals surface area contributed by atoms with Crippen molar-refractivity contribution in [2.24, 2.45) is 30.9 Å². The lowest BCUT2D eigenvalue weighted by Crippen LogP contribution is -2.19. The maximum Gasteiger partial charge on any atom is 0.410 e. The molecule has 0 radical (unpaired) electrons. The van der Waals surface area contributed by atoms with Crippen molar-refractivity contribution < 1.29 is 37.6 Å². The third-order valence-electron chi connectivity index (χ3n) is 5.25. The van der Waals surface area contributed by atoms with Crippen molar-refractivity contribution in [1.29, 1.82) is 0 Å². The molecule has 16 heteroatoms. The standard InChI is InChI=1S/C24H26N6O8P2/c1-5-9-17(13-23(3)15-25-29-27-23)39(33,34)37-21(31)19-11-7-8-12-20(19)22(32)38-40(35,36)18(10-6-2)14-24(4)16-26-30-28-24/h5-16H,1-4H3,(H,33,34)(H,35,36). The Kier molecular flexibility index (Phi) is 9.21. The molecule has 0 fully saturated rings. The highest BCUT2D eigenvalue weighted by molar-refractivity contribution is 7.58. The van der Waals surface area contributed by atoms with E-state index in [0.717, 1.165) is 12.1 Å². The first-order valence-corrected chi connectivity index (χ1v) is 14.8. The van der Waals surface area contributed by atoms with E-state index in [1.807, 2.05) is 0 Å². The fourth-order valence-electron chi connectivity index (χ4n) is 3.37. The molecule has 0 aliphatic carbocycles. The minimum Gasteiger partial charge on any atom is -0.385 e. The average molecular weight is 588 g/mol. The molecule has 0 aromatic heterocycles. The van der Waals surface area contributed by atoms with Gasteiger partial charge in [-0.15, -0.1) is 10.2 Å². The molecule has 0 saturated carbocycles. The van der Waals surface area contributed by atoms with E-state index in [4.69, 9.17) is 9.05 Å². The van der Waals surface area contributed by atoms with Crippen molar-refractivity contribution in [2.45, 2.75) is 38.8 Å².